The lowest BCUT2D eigenvalue weighted by Crippen LogP contribution is -2.34. The summed E-state index contributed by atoms with van der Waals surface area (Å²) in [6, 6.07) is 1.78. The fourth-order valence-corrected chi connectivity index (χ4v) is 2.34. The van der Waals surface area contributed by atoms with Gasteiger partial charge in [-0.15, -0.1) is 0 Å². The predicted octanol–water partition coefficient (Wildman–Crippen LogP) is 2.60. The van der Waals surface area contributed by atoms with E-state index in [0.29, 0.717) is 12.2 Å². The van der Waals surface area contributed by atoms with Crippen molar-refractivity contribution >= 4 is 27.8 Å². The molecule has 1 aromatic rings. The Labute approximate surface area is 121 Å². The maximum absolute atomic E-state index is 12.4. The van der Waals surface area contributed by atoms with E-state index < -0.39 is 5.97 Å². The lowest BCUT2D eigenvalue weighted by atomic mass is 10.3. The first-order valence-electron chi connectivity index (χ1n) is 6.36. The van der Waals surface area contributed by atoms with Gasteiger partial charge in [0, 0.05) is 30.3 Å². The number of rotatable bonds is 7. The molecule has 0 aromatic carbocycles. The number of aryl methyl sites for hydroxylation is 1. The number of carboxylic acid groups (broad SMARTS) is 1. The number of hydrogen-bond donors (Lipinski definition) is 1. The molecule has 19 heavy (non-hydrogen) atoms. The van der Waals surface area contributed by atoms with E-state index in [4.69, 9.17) is 5.11 Å². The minimum Gasteiger partial charge on any atom is -0.481 e. The van der Waals surface area contributed by atoms with E-state index in [0.717, 1.165) is 17.4 Å². The molecule has 0 bridgehead atoms. The minimum atomic E-state index is -0.892. The van der Waals surface area contributed by atoms with Crippen LogP contribution >= 0.6 is 15.9 Å². The van der Waals surface area contributed by atoms with Gasteiger partial charge in [0.25, 0.3) is 5.91 Å². The molecule has 1 N–H and O–H groups in total. The standard InChI is InChI=1S/C13H19BrN2O3/c1-3-6-16-9-10(14)8-11(16)13(19)15(4-2)7-5-12(17)18/h8-9H,3-7H2,1-2H3,(H,17,18). The van der Waals surface area contributed by atoms with Crippen LogP contribution in [0.3, 0.4) is 0 Å². The summed E-state index contributed by atoms with van der Waals surface area (Å²) >= 11 is 3.37. The van der Waals surface area contributed by atoms with Gasteiger partial charge in [-0.2, -0.15) is 0 Å². The largest absolute Gasteiger partial charge is 0.481 e. The van der Waals surface area contributed by atoms with Crippen LogP contribution in [-0.2, 0) is 11.3 Å². The molecule has 0 atom stereocenters. The van der Waals surface area contributed by atoms with Gasteiger partial charge < -0.3 is 14.6 Å². The molecule has 1 heterocycles. The smallest absolute Gasteiger partial charge is 0.305 e. The molecule has 6 heteroatoms. The van der Waals surface area contributed by atoms with E-state index in [-0.39, 0.29) is 18.9 Å². The Hall–Kier alpha value is -1.30. The molecule has 0 aliphatic carbocycles. The van der Waals surface area contributed by atoms with Crippen molar-refractivity contribution in [1.82, 2.24) is 9.47 Å². The van der Waals surface area contributed by atoms with Crippen molar-refractivity contribution in [3.63, 3.8) is 0 Å². The number of hydrogen-bond acceptors (Lipinski definition) is 2. The molecular weight excluding hydrogens is 312 g/mol. The normalized spacial score (nSPS) is 10.5. The maximum atomic E-state index is 12.4. The lowest BCUT2D eigenvalue weighted by molar-refractivity contribution is -0.137. The predicted molar refractivity (Wildman–Crippen MR) is 76.3 cm³/mol. The Morgan fingerprint density at radius 3 is 2.63 bits per heavy atom. The SMILES string of the molecule is CCCn1cc(Br)cc1C(=O)N(CC)CCC(=O)O. The first kappa shape index (κ1) is 15.8. The van der Waals surface area contributed by atoms with Gasteiger partial charge in [-0.1, -0.05) is 6.92 Å². The Bertz CT molecular complexity index is 457. The summed E-state index contributed by atoms with van der Waals surface area (Å²) in [6.45, 7) is 5.40. The van der Waals surface area contributed by atoms with Crippen molar-refractivity contribution in [2.75, 3.05) is 13.1 Å². The third-order valence-corrected chi connectivity index (χ3v) is 3.25. The Kier molecular flexibility index (Phi) is 6.08. The van der Waals surface area contributed by atoms with Crippen LogP contribution in [0.2, 0.25) is 0 Å². The number of carbonyl (C=O) groups is 2. The van der Waals surface area contributed by atoms with Crippen LogP contribution in [-0.4, -0.2) is 39.5 Å². The topological polar surface area (TPSA) is 62.5 Å². The zero-order chi connectivity index (χ0) is 14.4. The second-order valence-electron chi connectivity index (χ2n) is 4.27. The first-order valence-corrected chi connectivity index (χ1v) is 7.15. The lowest BCUT2D eigenvalue weighted by Gasteiger charge is -2.20. The summed E-state index contributed by atoms with van der Waals surface area (Å²) in [6.07, 6.45) is 2.78. The van der Waals surface area contributed by atoms with Crippen LogP contribution in [0.1, 0.15) is 37.2 Å². The van der Waals surface area contributed by atoms with Crippen LogP contribution in [0.5, 0.6) is 0 Å². The van der Waals surface area contributed by atoms with Crippen molar-refractivity contribution < 1.29 is 14.7 Å². The van der Waals surface area contributed by atoms with Crippen LogP contribution in [0.15, 0.2) is 16.7 Å². The molecule has 5 nitrogen and oxygen atoms in total. The highest BCUT2D eigenvalue weighted by molar-refractivity contribution is 9.10. The number of carbonyl (C=O) groups excluding carboxylic acids is 1. The van der Waals surface area contributed by atoms with Gasteiger partial charge in [0.2, 0.25) is 0 Å². The van der Waals surface area contributed by atoms with E-state index in [1.54, 1.807) is 11.0 Å². The van der Waals surface area contributed by atoms with E-state index in [2.05, 4.69) is 15.9 Å². The first-order chi connectivity index (χ1) is 8.99. The van der Waals surface area contributed by atoms with Crippen molar-refractivity contribution in [2.24, 2.45) is 0 Å². The van der Waals surface area contributed by atoms with Crippen molar-refractivity contribution in [3.8, 4) is 0 Å². The average Bonchev–Trinajstić information content (AvgIpc) is 2.71. The van der Waals surface area contributed by atoms with Gasteiger partial charge in [-0.05, 0) is 35.3 Å². The van der Waals surface area contributed by atoms with Crippen LogP contribution in [0.4, 0.5) is 0 Å². The van der Waals surface area contributed by atoms with Gasteiger partial charge in [0.1, 0.15) is 5.69 Å². The molecule has 1 amide bonds. The zero-order valence-corrected chi connectivity index (χ0v) is 12.8. The van der Waals surface area contributed by atoms with Crippen LogP contribution in [0.25, 0.3) is 0 Å². The van der Waals surface area contributed by atoms with Gasteiger partial charge in [-0.3, -0.25) is 9.59 Å². The summed E-state index contributed by atoms with van der Waals surface area (Å²) in [7, 11) is 0. The van der Waals surface area contributed by atoms with Gasteiger partial charge in [0.05, 0.1) is 6.42 Å². The van der Waals surface area contributed by atoms with E-state index in [1.165, 1.54) is 0 Å². The second kappa shape index (κ2) is 7.33. The summed E-state index contributed by atoms with van der Waals surface area (Å²) < 4.78 is 2.76. The summed E-state index contributed by atoms with van der Waals surface area (Å²) in [5, 5.41) is 8.70. The number of carboxylic acids is 1. The van der Waals surface area contributed by atoms with Gasteiger partial charge in [-0.25, -0.2) is 0 Å². The van der Waals surface area contributed by atoms with E-state index >= 15 is 0 Å². The van der Waals surface area contributed by atoms with Crippen LogP contribution in [0, 0.1) is 0 Å². The Morgan fingerprint density at radius 2 is 2.11 bits per heavy atom. The minimum absolute atomic E-state index is 0.0325. The number of amides is 1. The molecule has 1 rings (SSSR count). The van der Waals surface area contributed by atoms with Crippen LogP contribution < -0.4 is 0 Å². The maximum Gasteiger partial charge on any atom is 0.305 e. The summed E-state index contributed by atoms with van der Waals surface area (Å²) in [5.41, 5.74) is 0.598. The molecule has 0 radical (unpaired) electrons. The highest BCUT2D eigenvalue weighted by Gasteiger charge is 2.19. The third kappa shape index (κ3) is 4.38. The number of halogens is 1. The van der Waals surface area contributed by atoms with E-state index in [1.807, 2.05) is 24.6 Å². The molecule has 0 saturated carbocycles. The second-order valence-corrected chi connectivity index (χ2v) is 5.18. The molecule has 106 valence electrons. The van der Waals surface area contributed by atoms with Crippen molar-refractivity contribution in [1.29, 1.82) is 0 Å². The molecule has 1 aromatic heterocycles. The average molecular weight is 331 g/mol. The molecule has 0 fully saturated rings. The molecule has 0 spiro atoms. The molecular formula is C13H19BrN2O3. The Morgan fingerprint density at radius 1 is 1.42 bits per heavy atom. The summed E-state index contributed by atoms with van der Waals surface area (Å²) in [4.78, 5) is 24.5. The zero-order valence-electron chi connectivity index (χ0n) is 11.2. The van der Waals surface area contributed by atoms with Gasteiger partial charge >= 0.3 is 5.97 Å². The van der Waals surface area contributed by atoms with Gasteiger partial charge in [0.15, 0.2) is 0 Å². The Balaban J connectivity index is 2.87. The number of aliphatic carboxylic acids is 1. The quantitative estimate of drug-likeness (QED) is 0.835. The monoisotopic (exact) mass is 330 g/mol. The highest BCUT2D eigenvalue weighted by Crippen LogP contribution is 2.17. The molecule has 0 aliphatic heterocycles. The number of nitrogens with zero attached hydrogens (tertiary/aromatic N) is 2. The molecule has 0 saturated heterocycles. The fourth-order valence-electron chi connectivity index (χ4n) is 1.88. The molecule has 0 unspecified atom stereocenters. The third-order valence-electron chi connectivity index (χ3n) is 2.81. The van der Waals surface area contributed by atoms with Crippen molar-refractivity contribution in [3.05, 3.63) is 22.4 Å². The molecule has 0 aliphatic rings. The summed E-state index contributed by atoms with van der Waals surface area (Å²) in [5.74, 6) is -1.01. The van der Waals surface area contributed by atoms with Crippen molar-refractivity contribution in [2.45, 2.75) is 33.2 Å². The fraction of sp³-hybridized carbons (Fsp3) is 0.538. The number of aromatic nitrogens is 1. The highest BCUT2D eigenvalue weighted by atomic mass is 79.9. The van der Waals surface area contributed by atoms with E-state index in [9.17, 15) is 9.59 Å².